The van der Waals surface area contributed by atoms with Crippen LogP contribution in [0.3, 0.4) is 0 Å². The third kappa shape index (κ3) is 1.85. The zero-order valence-corrected chi connectivity index (χ0v) is 16.0. The number of aromatic nitrogens is 2. The third-order valence-corrected chi connectivity index (χ3v) is 6.26. The van der Waals surface area contributed by atoms with Gasteiger partial charge in [-0.2, -0.15) is 0 Å². The number of hydrogen-bond donors (Lipinski definition) is 0. The van der Waals surface area contributed by atoms with Crippen molar-refractivity contribution in [1.82, 2.24) is 9.55 Å². The summed E-state index contributed by atoms with van der Waals surface area (Å²) in [5, 5.41) is 2.59. The van der Waals surface area contributed by atoms with Gasteiger partial charge in [0.05, 0.1) is 22.9 Å². The molecule has 5 aromatic rings. The molecule has 2 aromatic heterocycles. The summed E-state index contributed by atoms with van der Waals surface area (Å²) < 4.78 is 2.39. The Morgan fingerprint density at radius 3 is 2.43 bits per heavy atom. The molecule has 28 heavy (non-hydrogen) atoms. The standard InChI is InChI=1S/C26H20N2/c1-26(2)22-11-5-3-9-18(22)20-13-14-21-19-10-4-6-12-23(19)28(25(21)24(20)26)17-8-7-15-27-16-17/h3-16H,1-2H3. The average molecular weight is 360 g/mol. The molecule has 2 heterocycles. The number of fused-ring (bicyclic) bond motifs is 7. The van der Waals surface area contributed by atoms with Gasteiger partial charge >= 0.3 is 0 Å². The molecule has 0 aliphatic heterocycles. The zero-order valence-electron chi connectivity index (χ0n) is 16.0. The largest absolute Gasteiger partial charge is 0.307 e. The lowest BCUT2D eigenvalue weighted by atomic mass is 9.81. The summed E-state index contributed by atoms with van der Waals surface area (Å²) >= 11 is 0. The van der Waals surface area contributed by atoms with Gasteiger partial charge in [0.15, 0.2) is 0 Å². The second-order valence-corrected chi connectivity index (χ2v) is 8.12. The highest BCUT2D eigenvalue weighted by molar-refractivity contribution is 6.13. The molecule has 2 heteroatoms. The van der Waals surface area contributed by atoms with Crippen LogP contribution < -0.4 is 0 Å². The normalized spacial score (nSPS) is 14.4. The van der Waals surface area contributed by atoms with Crippen LogP contribution >= 0.6 is 0 Å². The smallest absolute Gasteiger partial charge is 0.0645 e. The SMILES string of the molecule is CC1(C)c2ccccc2-c2ccc3c4ccccc4n(-c4cccnc4)c3c21. The number of pyridine rings is 1. The fourth-order valence-corrected chi connectivity index (χ4v) is 5.07. The lowest BCUT2D eigenvalue weighted by Crippen LogP contribution is -2.16. The molecule has 0 N–H and O–H groups in total. The van der Waals surface area contributed by atoms with Crippen molar-refractivity contribution in [1.29, 1.82) is 0 Å². The van der Waals surface area contributed by atoms with Crippen LogP contribution in [-0.2, 0) is 5.41 Å². The predicted molar refractivity (Wildman–Crippen MR) is 116 cm³/mol. The maximum Gasteiger partial charge on any atom is 0.0645 e. The van der Waals surface area contributed by atoms with E-state index in [1.165, 1.54) is 44.1 Å². The van der Waals surface area contributed by atoms with Gasteiger partial charge in [-0.05, 0) is 40.5 Å². The molecule has 0 amide bonds. The molecule has 134 valence electrons. The van der Waals surface area contributed by atoms with Crippen LogP contribution in [0.4, 0.5) is 0 Å². The van der Waals surface area contributed by atoms with Crippen LogP contribution in [-0.4, -0.2) is 9.55 Å². The Hall–Kier alpha value is -3.39. The van der Waals surface area contributed by atoms with Crippen molar-refractivity contribution in [3.8, 4) is 16.8 Å². The first-order chi connectivity index (χ1) is 13.7. The molecular formula is C26H20N2. The van der Waals surface area contributed by atoms with E-state index in [1.54, 1.807) is 0 Å². The van der Waals surface area contributed by atoms with E-state index in [0.29, 0.717) is 0 Å². The number of rotatable bonds is 1. The van der Waals surface area contributed by atoms with Crippen LogP contribution in [0.1, 0.15) is 25.0 Å². The van der Waals surface area contributed by atoms with Crippen LogP contribution in [0.15, 0.2) is 85.2 Å². The molecule has 1 aliphatic carbocycles. The van der Waals surface area contributed by atoms with Gasteiger partial charge in [-0.3, -0.25) is 4.98 Å². The van der Waals surface area contributed by atoms with Gasteiger partial charge < -0.3 is 4.57 Å². The third-order valence-electron chi connectivity index (χ3n) is 6.26. The lowest BCUT2D eigenvalue weighted by Gasteiger charge is -2.23. The van der Waals surface area contributed by atoms with Crippen molar-refractivity contribution >= 4 is 21.8 Å². The van der Waals surface area contributed by atoms with Gasteiger partial charge in [-0.25, -0.2) is 0 Å². The second kappa shape index (κ2) is 5.32. The Kier molecular flexibility index (Phi) is 2.98. The molecule has 6 rings (SSSR count). The van der Waals surface area contributed by atoms with E-state index in [1.807, 2.05) is 18.5 Å². The minimum atomic E-state index is -0.0558. The van der Waals surface area contributed by atoms with Gasteiger partial charge in [-0.1, -0.05) is 68.4 Å². The van der Waals surface area contributed by atoms with E-state index in [0.717, 1.165) is 5.69 Å². The van der Waals surface area contributed by atoms with Crippen molar-refractivity contribution in [3.05, 3.63) is 96.3 Å². The topological polar surface area (TPSA) is 17.8 Å². The van der Waals surface area contributed by atoms with E-state index in [2.05, 4.69) is 90.1 Å². The van der Waals surface area contributed by atoms with Gasteiger partial charge in [-0.15, -0.1) is 0 Å². The first kappa shape index (κ1) is 15.6. The van der Waals surface area contributed by atoms with E-state index < -0.39 is 0 Å². The average Bonchev–Trinajstić information content (AvgIpc) is 3.19. The Labute approximate surface area is 164 Å². The predicted octanol–water partition coefficient (Wildman–Crippen LogP) is 6.49. The summed E-state index contributed by atoms with van der Waals surface area (Å²) in [5.41, 5.74) is 9.09. The molecule has 1 aliphatic rings. The Morgan fingerprint density at radius 1 is 0.750 bits per heavy atom. The molecule has 2 nitrogen and oxygen atoms in total. The summed E-state index contributed by atoms with van der Waals surface area (Å²) in [7, 11) is 0. The van der Waals surface area contributed by atoms with Crippen LogP contribution in [0, 0.1) is 0 Å². The second-order valence-electron chi connectivity index (χ2n) is 8.12. The Bertz CT molecular complexity index is 1370. The summed E-state index contributed by atoms with van der Waals surface area (Å²) in [6, 6.07) is 26.3. The number of para-hydroxylation sites is 1. The Balaban J connectivity index is 1.86. The van der Waals surface area contributed by atoms with Crippen LogP contribution in [0.25, 0.3) is 38.6 Å². The quantitative estimate of drug-likeness (QED) is 0.334. The molecule has 3 aromatic carbocycles. The van der Waals surface area contributed by atoms with E-state index in [4.69, 9.17) is 0 Å². The molecule has 0 radical (unpaired) electrons. The van der Waals surface area contributed by atoms with Crippen molar-refractivity contribution in [2.24, 2.45) is 0 Å². The molecule has 0 saturated heterocycles. The van der Waals surface area contributed by atoms with E-state index >= 15 is 0 Å². The number of nitrogens with zero attached hydrogens (tertiary/aromatic N) is 2. The Morgan fingerprint density at radius 2 is 1.57 bits per heavy atom. The van der Waals surface area contributed by atoms with Crippen molar-refractivity contribution in [2.45, 2.75) is 19.3 Å². The van der Waals surface area contributed by atoms with Gasteiger partial charge in [0, 0.05) is 22.4 Å². The van der Waals surface area contributed by atoms with Gasteiger partial charge in [0.25, 0.3) is 0 Å². The molecule has 0 fully saturated rings. The molecule has 0 saturated carbocycles. The minimum Gasteiger partial charge on any atom is -0.307 e. The van der Waals surface area contributed by atoms with Crippen LogP contribution in [0.2, 0.25) is 0 Å². The molecule has 0 spiro atoms. The summed E-state index contributed by atoms with van der Waals surface area (Å²) in [4.78, 5) is 4.40. The number of benzene rings is 3. The fourth-order valence-electron chi connectivity index (χ4n) is 5.07. The maximum atomic E-state index is 4.40. The summed E-state index contributed by atoms with van der Waals surface area (Å²) in [6.07, 6.45) is 3.79. The highest BCUT2D eigenvalue weighted by Gasteiger charge is 2.38. The van der Waals surface area contributed by atoms with E-state index in [-0.39, 0.29) is 5.41 Å². The zero-order chi connectivity index (χ0) is 18.9. The number of hydrogen-bond acceptors (Lipinski definition) is 1. The lowest BCUT2D eigenvalue weighted by molar-refractivity contribution is 0.664. The summed E-state index contributed by atoms with van der Waals surface area (Å²) in [6.45, 7) is 4.70. The summed E-state index contributed by atoms with van der Waals surface area (Å²) in [5.74, 6) is 0. The van der Waals surface area contributed by atoms with Crippen molar-refractivity contribution < 1.29 is 0 Å². The van der Waals surface area contributed by atoms with E-state index in [9.17, 15) is 0 Å². The highest BCUT2D eigenvalue weighted by atomic mass is 15.0. The monoisotopic (exact) mass is 360 g/mol. The maximum absolute atomic E-state index is 4.40. The molecule has 0 bridgehead atoms. The molecule has 0 unspecified atom stereocenters. The minimum absolute atomic E-state index is 0.0558. The van der Waals surface area contributed by atoms with Gasteiger partial charge in [0.2, 0.25) is 0 Å². The highest BCUT2D eigenvalue weighted by Crippen LogP contribution is 2.52. The first-order valence-electron chi connectivity index (χ1n) is 9.75. The van der Waals surface area contributed by atoms with Crippen molar-refractivity contribution in [3.63, 3.8) is 0 Å². The van der Waals surface area contributed by atoms with Gasteiger partial charge in [0.1, 0.15) is 0 Å². The first-order valence-corrected chi connectivity index (χ1v) is 9.75. The van der Waals surface area contributed by atoms with Crippen molar-refractivity contribution in [2.75, 3.05) is 0 Å². The molecule has 0 atom stereocenters. The fraction of sp³-hybridized carbons (Fsp3) is 0.115. The molecular weight excluding hydrogens is 340 g/mol. The van der Waals surface area contributed by atoms with Crippen LogP contribution in [0.5, 0.6) is 0 Å².